The van der Waals surface area contributed by atoms with Crippen molar-refractivity contribution in [1.82, 2.24) is 9.97 Å². The Morgan fingerprint density at radius 3 is 2.45 bits per heavy atom. The SMILES string of the molecule is Clc1ccc(-c2nc3cc4c(cc3[nH]2)OCCO4)cc1. The number of nitrogens with zero attached hydrogens (tertiary/aromatic N) is 1. The van der Waals surface area contributed by atoms with Gasteiger partial charge in [-0.05, 0) is 24.3 Å². The van der Waals surface area contributed by atoms with Crippen molar-refractivity contribution < 1.29 is 9.47 Å². The molecule has 1 N–H and O–H groups in total. The minimum atomic E-state index is 0.576. The number of benzene rings is 2. The van der Waals surface area contributed by atoms with Crippen LogP contribution in [-0.4, -0.2) is 23.2 Å². The average molecular weight is 287 g/mol. The van der Waals surface area contributed by atoms with Crippen molar-refractivity contribution in [3.8, 4) is 22.9 Å². The molecule has 4 nitrogen and oxygen atoms in total. The van der Waals surface area contributed by atoms with Gasteiger partial charge in [-0.15, -0.1) is 0 Å². The van der Waals surface area contributed by atoms with Gasteiger partial charge in [0.15, 0.2) is 11.5 Å². The van der Waals surface area contributed by atoms with Gasteiger partial charge in [-0.3, -0.25) is 0 Å². The topological polar surface area (TPSA) is 47.1 Å². The van der Waals surface area contributed by atoms with Gasteiger partial charge in [0.2, 0.25) is 0 Å². The fraction of sp³-hybridized carbons (Fsp3) is 0.133. The first kappa shape index (κ1) is 11.6. The standard InChI is InChI=1S/C15H11ClN2O2/c16-10-3-1-9(2-4-10)15-17-11-7-13-14(8-12(11)18-15)20-6-5-19-13/h1-4,7-8H,5-6H2,(H,17,18). The summed E-state index contributed by atoms with van der Waals surface area (Å²) in [6.07, 6.45) is 0. The van der Waals surface area contributed by atoms with Crippen molar-refractivity contribution in [3.63, 3.8) is 0 Å². The molecule has 100 valence electrons. The third-order valence-corrected chi connectivity index (χ3v) is 3.52. The molecule has 1 aliphatic rings. The first-order valence-corrected chi connectivity index (χ1v) is 6.73. The van der Waals surface area contributed by atoms with E-state index in [9.17, 15) is 0 Å². The molecule has 3 aromatic rings. The largest absolute Gasteiger partial charge is 0.486 e. The van der Waals surface area contributed by atoms with E-state index in [4.69, 9.17) is 21.1 Å². The predicted octanol–water partition coefficient (Wildman–Crippen LogP) is 3.65. The van der Waals surface area contributed by atoms with Crippen LogP contribution in [0.5, 0.6) is 11.5 Å². The Morgan fingerprint density at radius 1 is 1.00 bits per heavy atom. The van der Waals surface area contributed by atoms with Crippen molar-refractivity contribution in [3.05, 3.63) is 41.4 Å². The summed E-state index contributed by atoms with van der Waals surface area (Å²) in [6.45, 7) is 1.16. The maximum Gasteiger partial charge on any atom is 0.163 e. The molecular weight excluding hydrogens is 276 g/mol. The number of H-pyrrole nitrogens is 1. The number of aromatic amines is 1. The molecule has 20 heavy (non-hydrogen) atoms. The zero-order valence-electron chi connectivity index (χ0n) is 10.5. The van der Waals surface area contributed by atoms with Crippen LogP contribution in [-0.2, 0) is 0 Å². The van der Waals surface area contributed by atoms with Crippen LogP contribution in [0.4, 0.5) is 0 Å². The average Bonchev–Trinajstić information content (AvgIpc) is 2.88. The van der Waals surface area contributed by atoms with Gasteiger partial charge in [0.1, 0.15) is 19.0 Å². The molecule has 0 spiro atoms. The van der Waals surface area contributed by atoms with E-state index in [2.05, 4.69) is 9.97 Å². The van der Waals surface area contributed by atoms with Crippen LogP contribution < -0.4 is 9.47 Å². The van der Waals surface area contributed by atoms with E-state index in [1.807, 2.05) is 36.4 Å². The van der Waals surface area contributed by atoms with Crippen molar-refractivity contribution in [2.24, 2.45) is 0 Å². The summed E-state index contributed by atoms with van der Waals surface area (Å²) in [4.78, 5) is 7.88. The highest BCUT2D eigenvalue weighted by atomic mass is 35.5. The molecule has 0 amide bonds. The predicted molar refractivity (Wildman–Crippen MR) is 77.5 cm³/mol. The maximum atomic E-state index is 5.90. The summed E-state index contributed by atoms with van der Waals surface area (Å²) in [5.41, 5.74) is 2.78. The number of imidazole rings is 1. The number of hydrogen-bond donors (Lipinski definition) is 1. The molecule has 0 radical (unpaired) electrons. The minimum Gasteiger partial charge on any atom is -0.486 e. The highest BCUT2D eigenvalue weighted by Crippen LogP contribution is 2.34. The normalized spacial score (nSPS) is 13.7. The Bertz CT molecular complexity index is 737. The van der Waals surface area contributed by atoms with Gasteiger partial charge in [0.05, 0.1) is 11.0 Å². The fourth-order valence-electron chi connectivity index (χ4n) is 2.29. The monoisotopic (exact) mass is 286 g/mol. The third-order valence-electron chi connectivity index (χ3n) is 3.26. The highest BCUT2D eigenvalue weighted by molar-refractivity contribution is 6.30. The second-order valence-electron chi connectivity index (χ2n) is 4.61. The number of ether oxygens (including phenoxy) is 2. The highest BCUT2D eigenvalue weighted by Gasteiger charge is 2.15. The first-order chi connectivity index (χ1) is 9.79. The second-order valence-corrected chi connectivity index (χ2v) is 5.04. The van der Waals surface area contributed by atoms with Gasteiger partial charge in [-0.2, -0.15) is 0 Å². The smallest absolute Gasteiger partial charge is 0.163 e. The number of rotatable bonds is 1. The van der Waals surface area contributed by atoms with E-state index in [1.54, 1.807) is 0 Å². The lowest BCUT2D eigenvalue weighted by Crippen LogP contribution is -2.15. The molecule has 0 atom stereocenters. The van der Waals surface area contributed by atoms with Gasteiger partial charge in [-0.1, -0.05) is 11.6 Å². The Labute approximate surface area is 120 Å². The van der Waals surface area contributed by atoms with Crippen LogP contribution in [0.3, 0.4) is 0 Å². The van der Waals surface area contributed by atoms with Gasteiger partial charge < -0.3 is 14.5 Å². The summed E-state index contributed by atoms with van der Waals surface area (Å²) in [5.74, 6) is 2.31. The van der Waals surface area contributed by atoms with Gasteiger partial charge in [0.25, 0.3) is 0 Å². The van der Waals surface area contributed by atoms with E-state index in [1.165, 1.54) is 0 Å². The number of aromatic nitrogens is 2. The van der Waals surface area contributed by atoms with Crippen LogP contribution in [0.15, 0.2) is 36.4 Å². The van der Waals surface area contributed by atoms with Crippen LogP contribution in [0.1, 0.15) is 0 Å². The van der Waals surface area contributed by atoms with Gasteiger partial charge in [-0.25, -0.2) is 4.98 Å². The zero-order chi connectivity index (χ0) is 13.5. The zero-order valence-corrected chi connectivity index (χ0v) is 11.3. The Hall–Kier alpha value is -2.20. The molecule has 0 saturated carbocycles. The summed E-state index contributed by atoms with van der Waals surface area (Å²) in [5, 5.41) is 0.710. The van der Waals surface area contributed by atoms with Gasteiger partial charge >= 0.3 is 0 Å². The number of halogens is 1. The molecule has 0 aliphatic carbocycles. The number of nitrogens with one attached hydrogen (secondary N) is 1. The van der Waals surface area contributed by atoms with E-state index >= 15 is 0 Å². The molecule has 1 aliphatic heterocycles. The van der Waals surface area contributed by atoms with Crippen molar-refractivity contribution in [2.75, 3.05) is 13.2 Å². The molecule has 0 fully saturated rings. The Kier molecular flexibility index (Phi) is 2.57. The Morgan fingerprint density at radius 2 is 1.70 bits per heavy atom. The summed E-state index contributed by atoms with van der Waals surface area (Å²) in [7, 11) is 0. The lowest BCUT2D eigenvalue weighted by Gasteiger charge is -2.17. The van der Waals surface area contributed by atoms with Crippen LogP contribution in [0.25, 0.3) is 22.4 Å². The molecule has 2 aromatic carbocycles. The molecule has 5 heteroatoms. The van der Waals surface area contributed by atoms with Crippen LogP contribution in [0.2, 0.25) is 5.02 Å². The molecule has 0 unspecified atom stereocenters. The third kappa shape index (κ3) is 1.89. The maximum absolute atomic E-state index is 5.90. The van der Waals surface area contributed by atoms with E-state index in [0.29, 0.717) is 18.2 Å². The van der Waals surface area contributed by atoms with E-state index in [-0.39, 0.29) is 0 Å². The van der Waals surface area contributed by atoms with Crippen molar-refractivity contribution in [1.29, 1.82) is 0 Å². The molecule has 0 saturated heterocycles. The number of fused-ring (bicyclic) bond motifs is 2. The van der Waals surface area contributed by atoms with Crippen LogP contribution in [0, 0.1) is 0 Å². The second kappa shape index (κ2) is 4.42. The summed E-state index contributed by atoms with van der Waals surface area (Å²) in [6, 6.07) is 11.4. The Balaban J connectivity index is 1.84. The summed E-state index contributed by atoms with van der Waals surface area (Å²) >= 11 is 5.90. The fourth-order valence-corrected chi connectivity index (χ4v) is 2.42. The van der Waals surface area contributed by atoms with Gasteiger partial charge in [0, 0.05) is 22.7 Å². The quantitative estimate of drug-likeness (QED) is 0.743. The van der Waals surface area contributed by atoms with Crippen molar-refractivity contribution >= 4 is 22.6 Å². The lowest BCUT2D eigenvalue weighted by molar-refractivity contribution is 0.172. The molecule has 1 aromatic heterocycles. The molecular formula is C15H11ClN2O2. The molecule has 4 rings (SSSR count). The van der Waals surface area contributed by atoms with Crippen molar-refractivity contribution in [2.45, 2.75) is 0 Å². The molecule has 0 bridgehead atoms. The van der Waals surface area contributed by atoms with E-state index < -0.39 is 0 Å². The lowest BCUT2D eigenvalue weighted by atomic mass is 10.2. The summed E-state index contributed by atoms with van der Waals surface area (Å²) < 4.78 is 11.1. The van der Waals surface area contributed by atoms with E-state index in [0.717, 1.165) is 33.9 Å². The molecule has 2 heterocycles. The minimum absolute atomic E-state index is 0.576. The number of hydrogen-bond acceptors (Lipinski definition) is 3. The first-order valence-electron chi connectivity index (χ1n) is 6.35. The van der Waals surface area contributed by atoms with Crippen LogP contribution >= 0.6 is 11.6 Å².